The standard InChI is InChI=1S/C22H14N2O/c1-2-7-15-14(6-1)12-13-20-21(15)24-18-10-4-3-8-16(18)23-17-9-5-11-19(25-20)22(17)24/h1-13,23H. The van der Waals surface area contributed by atoms with Gasteiger partial charge >= 0.3 is 0 Å². The van der Waals surface area contributed by atoms with E-state index in [1.807, 2.05) is 12.1 Å². The monoisotopic (exact) mass is 322 g/mol. The third-order valence-corrected chi connectivity index (χ3v) is 4.94. The lowest BCUT2D eigenvalue weighted by atomic mass is 10.0. The number of nitrogens with zero attached hydrogens (tertiary/aromatic N) is 1. The van der Waals surface area contributed by atoms with Crippen LogP contribution in [0.4, 0.5) is 28.4 Å². The number of rotatable bonds is 0. The summed E-state index contributed by atoms with van der Waals surface area (Å²) in [6, 6.07) is 27.2. The zero-order chi connectivity index (χ0) is 16.4. The van der Waals surface area contributed by atoms with Crippen LogP contribution in [-0.2, 0) is 0 Å². The van der Waals surface area contributed by atoms with E-state index in [2.05, 4.69) is 76.9 Å². The van der Waals surface area contributed by atoms with Gasteiger partial charge in [0, 0.05) is 5.39 Å². The molecule has 2 aliphatic rings. The topological polar surface area (TPSA) is 24.5 Å². The molecule has 0 aromatic heterocycles. The van der Waals surface area contributed by atoms with Crippen molar-refractivity contribution in [3.05, 3.63) is 78.9 Å². The molecule has 0 bridgehead atoms. The van der Waals surface area contributed by atoms with Crippen LogP contribution in [0.5, 0.6) is 11.5 Å². The van der Waals surface area contributed by atoms with Crippen LogP contribution in [0.3, 0.4) is 0 Å². The zero-order valence-electron chi connectivity index (χ0n) is 13.4. The normalized spacial score (nSPS) is 13.4. The van der Waals surface area contributed by atoms with E-state index >= 15 is 0 Å². The minimum absolute atomic E-state index is 0.877. The lowest BCUT2D eigenvalue weighted by molar-refractivity contribution is 0.478. The second-order valence-electron chi connectivity index (χ2n) is 6.37. The molecule has 1 N–H and O–H groups in total. The molecule has 25 heavy (non-hydrogen) atoms. The molecule has 0 radical (unpaired) electrons. The molecule has 118 valence electrons. The maximum absolute atomic E-state index is 6.27. The van der Waals surface area contributed by atoms with Crippen LogP contribution in [0.2, 0.25) is 0 Å². The van der Waals surface area contributed by atoms with E-state index in [9.17, 15) is 0 Å². The van der Waals surface area contributed by atoms with Gasteiger partial charge in [-0.1, -0.05) is 48.5 Å². The summed E-state index contributed by atoms with van der Waals surface area (Å²) in [7, 11) is 0. The van der Waals surface area contributed by atoms with E-state index in [4.69, 9.17) is 4.74 Å². The Balaban J connectivity index is 1.77. The minimum Gasteiger partial charge on any atom is -0.453 e. The Morgan fingerprint density at radius 3 is 2.44 bits per heavy atom. The Kier molecular flexibility index (Phi) is 2.35. The number of ether oxygens (including phenoxy) is 1. The van der Waals surface area contributed by atoms with E-state index in [1.165, 1.54) is 10.8 Å². The summed E-state index contributed by atoms with van der Waals surface area (Å²) in [5, 5.41) is 5.94. The Labute approximate surface area is 145 Å². The smallest absolute Gasteiger partial charge is 0.153 e. The quantitative estimate of drug-likeness (QED) is 0.347. The second-order valence-corrected chi connectivity index (χ2v) is 6.37. The van der Waals surface area contributed by atoms with Gasteiger partial charge < -0.3 is 10.1 Å². The number of nitrogens with one attached hydrogen (secondary N) is 1. The van der Waals surface area contributed by atoms with Crippen molar-refractivity contribution in [2.24, 2.45) is 0 Å². The Bertz CT molecular complexity index is 1150. The molecule has 0 amide bonds. The van der Waals surface area contributed by atoms with Crippen molar-refractivity contribution in [1.29, 1.82) is 0 Å². The highest BCUT2D eigenvalue weighted by molar-refractivity contribution is 6.09. The van der Waals surface area contributed by atoms with E-state index < -0.39 is 0 Å². The predicted molar refractivity (Wildman–Crippen MR) is 102 cm³/mol. The van der Waals surface area contributed by atoms with E-state index in [1.54, 1.807) is 0 Å². The lowest BCUT2D eigenvalue weighted by Crippen LogP contribution is -2.21. The van der Waals surface area contributed by atoms with Crippen molar-refractivity contribution in [3.8, 4) is 11.5 Å². The summed E-state index contributed by atoms with van der Waals surface area (Å²) in [5.41, 5.74) is 5.49. The Hall–Kier alpha value is -3.46. The van der Waals surface area contributed by atoms with Crippen LogP contribution in [0, 0.1) is 0 Å². The molecule has 0 unspecified atom stereocenters. The summed E-state index contributed by atoms with van der Waals surface area (Å²) < 4.78 is 6.27. The van der Waals surface area contributed by atoms with Crippen molar-refractivity contribution >= 4 is 39.2 Å². The summed E-state index contributed by atoms with van der Waals surface area (Å²) >= 11 is 0. The largest absolute Gasteiger partial charge is 0.453 e. The highest BCUT2D eigenvalue weighted by Gasteiger charge is 2.33. The molecule has 0 fully saturated rings. The van der Waals surface area contributed by atoms with Gasteiger partial charge in [0.15, 0.2) is 11.5 Å². The molecule has 4 aromatic carbocycles. The molecule has 6 rings (SSSR count). The van der Waals surface area contributed by atoms with Crippen molar-refractivity contribution in [2.45, 2.75) is 0 Å². The van der Waals surface area contributed by atoms with Crippen LogP contribution in [0.25, 0.3) is 10.8 Å². The highest BCUT2D eigenvalue weighted by atomic mass is 16.5. The summed E-state index contributed by atoms with van der Waals surface area (Å²) in [4.78, 5) is 2.33. The van der Waals surface area contributed by atoms with Gasteiger partial charge in [-0.05, 0) is 35.7 Å². The van der Waals surface area contributed by atoms with Crippen LogP contribution >= 0.6 is 0 Å². The number of benzene rings is 4. The fraction of sp³-hybridized carbons (Fsp3) is 0. The molecule has 0 spiro atoms. The molecule has 0 aliphatic carbocycles. The fourth-order valence-electron chi connectivity index (χ4n) is 3.87. The third-order valence-electron chi connectivity index (χ3n) is 4.94. The number of hydrogen-bond acceptors (Lipinski definition) is 3. The van der Waals surface area contributed by atoms with Crippen molar-refractivity contribution < 1.29 is 4.74 Å². The van der Waals surface area contributed by atoms with Gasteiger partial charge in [-0.15, -0.1) is 0 Å². The van der Waals surface area contributed by atoms with Crippen molar-refractivity contribution in [2.75, 3.05) is 10.2 Å². The van der Waals surface area contributed by atoms with Gasteiger partial charge in [-0.25, -0.2) is 0 Å². The first-order chi connectivity index (χ1) is 12.4. The van der Waals surface area contributed by atoms with Crippen LogP contribution in [0.15, 0.2) is 78.9 Å². The highest BCUT2D eigenvalue weighted by Crippen LogP contribution is 2.59. The van der Waals surface area contributed by atoms with Crippen molar-refractivity contribution in [1.82, 2.24) is 0 Å². The Morgan fingerprint density at radius 1 is 0.640 bits per heavy atom. The molecule has 2 heterocycles. The SMILES string of the molecule is c1ccc2c(c1)Nc1cccc3c1N2c1c(ccc2ccccc12)O3. The van der Waals surface area contributed by atoms with Gasteiger partial charge in [0.2, 0.25) is 0 Å². The molecule has 3 nitrogen and oxygen atoms in total. The molecule has 0 saturated carbocycles. The fourth-order valence-corrected chi connectivity index (χ4v) is 3.87. The average Bonchev–Trinajstić information content (AvgIpc) is 2.67. The molecule has 4 aromatic rings. The van der Waals surface area contributed by atoms with E-state index in [0.717, 1.165) is 39.9 Å². The maximum Gasteiger partial charge on any atom is 0.153 e. The van der Waals surface area contributed by atoms with Crippen molar-refractivity contribution in [3.63, 3.8) is 0 Å². The van der Waals surface area contributed by atoms with Crippen LogP contribution < -0.4 is 15.0 Å². The third kappa shape index (κ3) is 1.64. The van der Waals surface area contributed by atoms with Crippen LogP contribution in [-0.4, -0.2) is 0 Å². The first kappa shape index (κ1) is 12.9. The van der Waals surface area contributed by atoms with Gasteiger partial charge in [-0.3, -0.25) is 4.90 Å². The minimum atomic E-state index is 0.877. The molecule has 0 atom stereocenters. The zero-order valence-corrected chi connectivity index (χ0v) is 13.4. The van der Waals surface area contributed by atoms with E-state index in [0.29, 0.717) is 0 Å². The first-order valence-corrected chi connectivity index (χ1v) is 8.39. The van der Waals surface area contributed by atoms with Gasteiger partial charge in [0.1, 0.15) is 5.69 Å². The van der Waals surface area contributed by atoms with Crippen LogP contribution in [0.1, 0.15) is 0 Å². The number of fused-ring (bicyclic) bond motifs is 6. The lowest BCUT2D eigenvalue weighted by Gasteiger charge is -2.39. The average molecular weight is 322 g/mol. The van der Waals surface area contributed by atoms with Gasteiger partial charge in [0.25, 0.3) is 0 Å². The summed E-state index contributed by atoms with van der Waals surface area (Å²) in [6.07, 6.45) is 0. The second kappa shape index (κ2) is 4.54. The summed E-state index contributed by atoms with van der Waals surface area (Å²) in [6.45, 7) is 0. The van der Waals surface area contributed by atoms with Gasteiger partial charge in [-0.2, -0.15) is 0 Å². The Morgan fingerprint density at radius 2 is 1.44 bits per heavy atom. The van der Waals surface area contributed by atoms with Gasteiger partial charge in [0.05, 0.1) is 22.7 Å². The first-order valence-electron chi connectivity index (χ1n) is 8.39. The molecule has 3 heteroatoms. The predicted octanol–water partition coefficient (Wildman–Crippen LogP) is 6.47. The van der Waals surface area contributed by atoms with E-state index in [-0.39, 0.29) is 0 Å². The maximum atomic E-state index is 6.27. The molecular formula is C22H14N2O. The summed E-state index contributed by atoms with van der Waals surface area (Å²) in [5.74, 6) is 1.77. The number of para-hydroxylation sites is 3. The number of hydrogen-bond donors (Lipinski definition) is 1. The molecular weight excluding hydrogens is 308 g/mol. The number of anilines is 5. The molecule has 2 aliphatic heterocycles. The molecule has 0 saturated heterocycles.